The lowest BCUT2D eigenvalue weighted by Crippen LogP contribution is -2.47. The van der Waals surface area contributed by atoms with Crippen molar-refractivity contribution in [2.45, 2.75) is 12.0 Å². The molecular weight excluding hydrogens is 414 g/mol. The highest BCUT2D eigenvalue weighted by atomic mass is 32.1. The van der Waals surface area contributed by atoms with E-state index >= 15 is 0 Å². The van der Waals surface area contributed by atoms with Gasteiger partial charge in [-0.05, 0) is 41.3 Å². The molecule has 0 bridgehead atoms. The Kier molecular flexibility index (Phi) is 5.52. The first-order valence-corrected chi connectivity index (χ1v) is 10.3. The highest BCUT2D eigenvalue weighted by Gasteiger charge is 2.45. The maximum atomic E-state index is 13.5. The van der Waals surface area contributed by atoms with Gasteiger partial charge >= 0.3 is 5.97 Å². The summed E-state index contributed by atoms with van der Waals surface area (Å²) in [5.74, 6) is -2.79. The molecule has 0 fully saturated rings. The fraction of sp³-hybridized carbons (Fsp3) is 0.130. The van der Waals surface area contributed by atoms with Gasteiger partial charge in [-0.3, -0.25) is 14.4 Å². The van der Waals surface area contributed by atoms with Crippen molar-refractivity contribution in [1.82, 2.24) is 4.90 Å². The third-order valence-electron chi connectivity index (χ3n) is 5.12. The summed E-state index contributed by atoms with van der Waals surface area (Å²) in [6, 6.07) is 18.2. The van der Waals surface area contributed by atoms with Crippen molar-refractivity contribution in [2.24, 2.45) is 0 Å². The lowest BCUT2D eigenvalue weighted by atomic mass is 9.81. The second-order valence-corrected chi connectivity index (χ2v) is 8.01. The average Bonchev–Trinajstić information content (AvgIpc) is 3.29. The van der Waals surface area contributed by atoms with Gasteiger partial charge in [0.05, 0.1) is 23.6 Å². The van der Waals surface area contributed by atoms with E-state index in [0.717, 1.165) is 4.88 Å². The zero-order chi connectivity index (χ0) is 22.0. The summed E-state index contributed by atoms with van der Waals surface area (Å²) in [6.45, 7) is -0.524. The van der Waals surface area contributed by atoms with Gasteiger partial charge in [-0.15, -0.1) is 11.3 Å². The minimum absolute atomic E-state index is 0.308. The van der Waals surface area contributed by atoms with Crippen LogP contribution in [0.1, 0.15) is 38.3 Å². The number of nitrogens with one attached hydrogen (secondary N) is 1. The minimum Gasteiger partial charge on any atom is -0.480 e. The molecule has 2 amide bonds. The molecule has 1 aliphatic heterocycles. The van der Waals surface area contributed by atoms with E-state index < -0.39 is 30.4 Å². The predicted molar refractivity (Wildman–Crippen MR) is 115 cm³/mol. The maximum Gasteiger partial charge on any atom is 0.323 e. The first-order chi connectivity index (χ1) is 15.0. The van der Waals surface area contributed by atoms with Crippen molar-refractivity contribution in [3.05, 3.63) is 87.6 Å². The van der Waals surface area contributed by atoms with E-state index in [-0.39, 0.29) is 5.91 Å². The number of fused-ring (bicyclic) bond motifs is 1. The van der Waals surface area contributed by atoms with Crippen molar-refractivity contribution in [3.8, 4) is 6.07 Å². The molecule has 1 aromatic heterocycles. The second-order valence-electron chi connectivity index (χ2n) is 7.03. The van der Waals surface area contributed by atoms with Gasteiger partial charge in [0, 0.05) is 16.1 Å². The molecule has 31 heavy (non-hydrogen) atoms. The number of anilines is 1. The minimum atomic E-state index is -1.16. The largest absolute Gasteiger partial charge is 0.480 e. The molecule has 154 valence electrons. The van der Waals surface area contributed by atoms with Crippen LogP contribution in [0, 0.1) is 11.3 Å². The lowest BCUT2D eigenvalue weighted by molar-refractivity contribution is -0.139. The fourth-order valence-electron chi connectivity index (χ4n) is 3.86. The number of carbonyl (C=O) groups is 3. The van der Waals surface area contributed by atoms with Gasteiger partial charge in [-0.25, -0.2) is 0 Å². The number of aliphatic carboxylic acids is 1. The molecule has 2 heterocycles. The SMILES string of the molecule is N#Cc1cccc(NC(=O)[C@H]2c3ccccc3C(=O)N(CC(=O)O)[C@@H]2c2cccs2)c1. The molecule has 3 aromatic rings. The van der Waals surface area contributed by atoms with E-state index in [9.17, 15) is 19.5 Å². The third kappa shape index (κ3) is 3.91. The van der Waals surface area contributed by atoms with Crippen LogP contribution in [0.25, 0.3) is 0 Å². The van der Waals surface area contributed by atoms with Gasteiger partial charge in [0.1, 0.15) is 6.54 Å². The van der Waals surface area contributed by atoms with Crippen LogP contribution in [-0.2, 0) is 9.59 Å². The number of hydrogen-bond donors (Lipinski definition) is 2. The van der Waals surface area contributed by atoms with Gasteiger partial charge in [-0.1, -0.05) is 30.3 Å². The van der Waals surface area contributed by atoms with Crippen LogP contribution in [0.5, 0.6) is 0 Å². The summed E-state index contributed by atoms with van der Waals surface area (Å²) in [7, 11) is 0. The topological polar surface area (TPSA) is 111 Å². The number of nitriles is 1. The Balaban J connectivity index is 1.82. The number of amides is 2. The first kappa shape index (κ1) is 20.3. The molecule has 2 aromatic carbocycles. The Morgan fingerprint density at radius 1 is 1.13 bits per heavy atom. The molecule has 0 saturated carbocycles. The van der Waals surface area contributed by atoms with Crippen molar-refractivity contribution in [2.75, 3.05) is 11.9 Å². The van der Waals surface area contributed by atoms with E-state index in [0.29, 0.717) is 22.4 Å². The maximum absolute atomic E-state index is 13.5. The van der Waals surface area contributed by atoms with Crippen LogP contribution in [-0.4, -0.2) is 34.3 Å². The first-order valence-electron chi connectivity index (χ1n) is 9.45. The smallest absolute Gasteiger partial charge is 0.323 e. The second kappa shape index (κ2) is 8.42. The molecule has 1 aliphatic rings. The van der Waals surface area contributed by atoms with E-state index in [4.69, 9.17) is 5.26 Å². The number of thiophene rings is 1. The summed E-state index contributed by atoms with van der Waals surface area (Å²) < 4.78 is 0. The van der Waals surface area contributed by atoms with Crippen LogP contribution in [0.2, 0.25) is 0 Å². The molecule has 2 N–H and O–H groups in total. The number of rotatable bonds is 5. The van der Waals surface area contributed by atoms with Crippen LogP contribution in [0.3, 0.4) is 0 Å². The van der Waals surface area contributed by atoms with Crippen LogP contribution < -0.4 is 5.32 Å². The average molecular weight is 431 g/mol. The number of carboxylic acid groups (broad SMARTS) is 1. The lowest BCUT2D eigenvalue weighted by Gasteiger charge is -2.40. The highest BCUT2D eigenvalue weighted by molar-refractivity contribution is 7.10. The van der Waals surface area contributed by atoms with Gasteiger partial charge in [0.25, 0.3) is 5.91 Å². The summed E-state index contributed by atoms with van der Waals surface area (Å²) in [6.07, 6.45) is 0. The zero-order valence-corrected chi connectivity index (χ0v) is 17.0. The quantitative estimate of drug-likeness (QED) is 0.641. The number of hydrogen-bond acceptors (Lipinski definition) is 5. The van der Waals surface area contributed by atoms with Crippen molar-refractivity contribution in [1.29, 1.82) is 5.26 Å². The van der Waals surface area contributed by atoms with E-state index in [1.165, 1.54) is 16.2 Å². The van der Waals surface area contributed by atoms with E-state index in [1.54, 1.807) is 60.7 Å². The monoisotopic (exact) mass is 431 g/mol. The number of nitrogens with zero attached hydrogens (tertiary/aromatic N) is 2. The number of carbonyl (C=O) groups excluding carboxylic acids is 2. The summed E-state index contributed by atoms with van der Waals surface area (Å²) >= 11 is 1.36. The van der Waals surface area contributed by atoms with Crippen LogP contribution in [0.15, 0.2) is 66.0 Å². The highest BCUT2D eigenvalue weighted by Crippen LogP contribution is 2.44. The normalized spacial score (nSPS) is 17.5. The molecule has 0 aliphatic carbocycles. The molecule has 8 heteroatoms. The Morgan fingerprint density at radius 3 is 2.65 bits per heavy atom. The van der Waals surface area contributed by atoms with Crippen molar-refractivity contribution >= 4 is 34.8 Å². The van der Waals surface area contributed by atoms with Crippen molar-refractivity contribution < 1.29 is 19.5 Å². The zero-order valence-electron chi connectivity index (χ0n) is 16.2. The Labute approximate surface area is 182 Å². The summed E-state index contributed by atoms with van der Waals surface area (Å²) in [5.41, 5.74) is 1.71. The van der Waals surface area contributed by atoms with E-state index in [2.05, 4.69) is 5.32 Å². The van der Waals surface area contributed by atoms with Crippen molar-refractivity contribution in [3.63, 3.8) is 0 Å². The molecule has 7 nitrogen and oxygen atoms in total. The Hall–Kier alpha value is -3.96. The molecule has 4 rings (SSSR count). The molecule has 0 radical (unpaired) electrons. The van der Waals surface area contributed by atoms with E-state index in [1.807, 2.05) is 11.4 Å². The third-order valence-corrected chi connectivity index (χ3v) is 6.06. The Morgan fingerprint density at radius 2 is 1.94 bits per heavy atom. The van der Waals surface area contributed by atoms with Gasteiger partial charge < -0.3 is 15.3 Å². The van der Waals surface area contributed by atoms with Gasteiger partial charge in [-0.2, -0.15) is 5.26 Å². The van der Waals surface area contributed by atoms with Gasteiger partial charge in [0.15, 0.2) is 0 Å². The van der Waals surface area contributed by atoms with Crippen LogP contribution >= 0.6 is 11.3 Å². The molecule has 2 atom stereocenters. The van der Waals surface area contributed by atoms with Crippen LogP contribution in [0.4, 0.5) is 5.69 Å². The molecule has 0 unspecified atom stereocenters. The number of carboxylic acids is 1. The molecule has 0 spiro atoms. The predicted octanol–water partition coefficient (Wildman–Crippen LogP) is 3.62. The number of benzene rings is 2. The summed E-state index contributed by atoms with van der Waals surface area (Å²) in [5, 5.41) is 23.2. The Bertz CT molecular complexity index is 1200. The molecular formula is C23H17N3O4S. The van der Waals surface area contributed by atoms with Gasteiger partial charge in [0.2, 0.25) is 5.91 Å². The fourth-order valence-corrected chi connectivity index (χ4v) is 4.73. The molecule has 0 saturated heterocycles. The summed E-state index contributed by atoms with van der Waals surface area (Å²) in [4.78, 5) is 40.2. The standard InChI is InChI=1S/C23H17N3O4S/c24-12-14-5-3-6-15(11-14)25-22(29)20-16-7-1-2-8-17(16)23(30)26(13-19(27)28)21(20)18-9-4-10-31-18/h1-11,20-21H,13H2,(H,25,29)(H,27,28)/t20-,21+/m0/s1.